The number of pyridine rings is 1. The largest absolute Gasteiger partial charge is 0.307 e. The zero-order valence-corrected chi connectivity index (χ0v) is 14.6. The summed E-state index contributed by atoms with van der Waals surface area (Å²) in [6.45, 7) is 4.71. The number of hydrazine groups is 1. The molecule has 0 atom stereocenters. The van der Waals surface area contributed by atoms with E-state index in [0.717, 1.165) is 19.3 Å². The first kappa shape index (κ1) is 16.7. The van der Waals surface area contributed by atoms with Crippen LogP contribution >= 0.6 is 15.9 Å². The lowest BCUT2D eigenvalue weighted by atomic mass is 10.1. The predicted octanol–water partition coefficient (Wildman–Crippen LogP) is 2.33. The first-order valence-electron chi connectivity index (χ1n) is 7.00. The maximum Gasteiger partial charge on any atom is 0.247 e. The second kappa shape index (κ2) is 6.60. The fourth-order valence-corrected chi connectivity index (χ4v) is 4.42. The molecule has 2 rings (SSSR count). The van der Waals surface area contributed by atoms with E-state index < -0.39 is 10.0 Å². The van der Waals surface area contributed by atoms with Crippen molar-refractivity contribution in [3.05, 3.63) is 16.7 Å². The summed E-state index contributed by atoms with van der Waals surface area (Å²) in [5.41, 5.74) is 2.37. The van der Waals surface area contributed by atoms with Crippen LogP contribution in [-0.4, -0.2) is 30.3 Å². The lowest BCUT2D eigenvalue weighted by Crippen LogP contribution is -2.35. The molecule has 0 radical (unpaired) electrons. The Labute approximate surface area is 134 Å². The summed E-state index contributed by atoms with van der Waals surface area (Å²) in [5.74, 6) is 6.03. The molecule has 1 aliphatic carbocycles. The van der Waals surface area contributed by atoms with E-state index in [1.807, 2.05) is 0 Å². The summed E-state index contributed by atoms with van der Waals surface area (Å²) < 4.78 is 28.1. The summed E-state index contributed by atoms with van der Waals surface area (Å²) in [6.07, 6.45) is 4.20. The first-order chi connectivity index (χ1) is 9.86. The molecule has 0 aliphatic heterocycles. The number of rotatable bonds is 7. The summed E-state index contributed by atoms with van der Waals surface area (Å²) in [5, 5.41) is 0. The van der Waals surface area contributed by atoms with Gasteiger partial charge in [-0.3, -0.25) is 0 Å². The Morgan fingerprint density at radius 1 is 1.52 bits per heavy atom. The van der Waals surface area contributed by atoms with Crippen molar-refractivity contribution in [1.29, 1.82) is 0 Å². The third-order valence-electron chi connectivity index (χ3n) is 3.42. The highest BCUT2D eigenvalue weighted by atomic mass is 79.9. The van der Waals surface area contributed by atoms with E-state index >= 15 is 0 Å². The molecule has 8 heteroatoms. The van der Waals surface area contributed by atoms with E-state index in [9.17, 15) is 8.42 Å². The van der Waals surface area contributed by atoms with E-state index in [2.05, 4.69) is 40.2 Å². The molecule has 0 bridgehead atoms. The maximum absolute atomic E-state index is 12.9. The Morgan fingerprint density at radius 2 is 2.19 bits per heavy atom. The number of aromatic nitrogens is 1. The molecule has 1 aromatic rings. The molecule has 1 fully saturated rings. The first-order valence-corrected chi connectivity index (χ1v) is 9.23. The Morgan fingerprint density at radius 3 is 2.71 bits per heavy atom. The van der Waals surface area contributed by atoms with Gasteiger partial charge in [-0.2, -0.15) is 4.31 Å². The van der Waals surface area contributed by atoms with Gasteiger partial charge in [0.1, 0.15) is 4.90 Å². The van der Waals surface area contributed by atoms with Crippen molar-refractivity contribution in [3.8, 4) is 0 Å². The molecular weight excluding hydrogens is 356 g/mol. The molecule has 0 aromatic carbocycles. The molecule has 1 aromatic heterocycles. The number of halogens is 1. The number of anilines is 1. The van der Waals surface area contributed by atoms with Crippen LogP contribution in [0.4, 0.5) is 5.82 Å². The quantitative estimate of drug-likeness (QED) is 0.563. The van der Waals surface area contributed by atoms with Crippen molar-refractivity contribution in [2.45, 2.75) is 44.0 Å². The molecule has 1 aliphatic rings. The van der Waals surface area contributed by atoms with Gasteiger partial charge in [0.15, 0.2) is 5.82 Å². The van der Waals surface area contributed by atoms with Gasteiger partial charge in [-0.1, -0.05) is 13.8 Å². The molecule has 21 heavy (non-hydrogen) atoms. The van der Waals surface area contributed by atoms with Crippen LogP contribution in [0.25, 0.3) is 0 Å². The molecule has 0 amide bonds. The zero-order chi connectivity index (χ0) is 15.6. The van der Waals surface area contributed by atoms with Gasteiger partial charge in [0.05, 0.1) is 0 Å². The van der Waals surface area contributed by atoms with E-state index in [0.29, 0.717) is 16.9 Å². The predicted molar refractivity (Wildman–Crippen MR) is 86.1 cm³/mol. The van der Waals surface area contributed by atoms with Crippen molar-refractivity contribution in [2.24, 2.45) is 11.8 Å². The van der Waals surface area contributed by atoms with Crippen molar-refractivity contribution in [2.75, 3.05) is 12.0 Å². The molecule has 3 N–H and O–H groups in total. The summed E-state index contributed by atoms with van der Waals surface area (Å²) in [4.78, 5) is 4.15. The Balaban J connectivity index is 2.36. The fraction of sp³-hybridized carbons (Fsp3) is 0.615. The van der Waals surface area contributed by atoms with Gasteiger partial charge in [-0.15, -0.1) is 0 Å². The van der Waals surface area contributed by atoms with Crippen LogP contribution in [0, 0.1) is 5.92 Å². The van der Waals surface area contributed by atoms with Crippen LogP contribution in [0.15, 0.2) is 21.6 Å². The van der Waals surface area contributed by atoms with Crippen molar-refractivity contribution < 1.29 is 8.42 Å². The zero-order valence-electron chi connectivity index (χ0n) is 12.2. The number of nitrogens with one attached hydrogen (secondary N) is 1. The molecule has 0 saturated heterocycles. The third-order valence-corrected chi connectivity index (χ3v) is 5.82. The SMILES string of the molecule is CC(C)CCN(C1CC1)S(=O)(=O)c1cc(Br)cnc1NN. The normalized spacial score (nSPS) is 15.7. The molecule has 0 unspecified atom stereocenters. The minimum Gasteiger partial charge on any atom is -0.307 e. The van der Waals surface area contributed by atoms with E-state index in [-0.39, 0.29) is 16.8 Å². The van der Waals surface area contributed by atoms with Crippen LogP contribution in [0.3, 0.4) is 0 Å². The number of nitrogens with zero attached hydrogens (tertiary/aromatic N) is 2. The number of hydrogen-bond acceptors (Lipinski definition) is 5. The number of nitrogen functional groups attached to an aromatic ring is 1. The molecule has 0 spiro atoms. The number of nitrogens with two attached hydrogens (primary N) is 1. The van der Waals surface area contributed by atoms with Crippen molar-refractivity contribution >= 4 is 31.8 Å². The van der Waals surface area contributed by atoms with Crippen LogP contribution < -0.4 is 11.3 Å². The molecule has 1 heterocycles. The fourth-order valence-electron chi connectivity index (χ4n) is 2.10. The van der Waals surface area contributed by atoms with Crippen LogP contribution in [-0.2, 0) is 10.0 Å². The van der Waals surface area contributed by atoms with Gasteiger partial charge in [-0.05, 0) is 47.2 Å². The van der Waals surface area contributed by atoms with E-state index in [1.165, 1.54) is 6.20 Å². The monoisotopic (exact) mass is 376 g/mol. The summed E-state index contributed by atoms with van der Waals surface area (Å²) >= 11 is 3.27. The average Bonchev–Trinajstić information content (AvgIpc) is 3.23. The second-order valence-corrected chi connectivity index (χ2v) is 8.45. The highest BCUT2D eigenvalue weighted by Gasteiger charge is 2.39. The molecular formula is C13H21BrN4O2S. The lowest BCUT2D eigenvalue weighted by Gasteiger charge is -2.23. The molecule has 1 saturated carbocycles. The highest BCUT2D eigenvalue weighted by molar-refractivity contribution is 9.10. The van der Waals surface area contributed by atoms with E-state index in [4.69, 9.17) is 5.84 Å². The number of hydrogen-bond donors (Lipinski definition) is 2. The Bertz CT molecular complexity index is 602. The minimum absolute atomic E-state index is 0.110. The molecule has 118 valence electrons. The number of sulfonamides is 1. The Kier molecular flexibility index (Phi) is 5.24. The van der Waals surface area contributed by atoms with Gasteiger partial charge in [0.25, 0.3) is 0 Å². The molecule has 6 nitrogen and oxygen atoms in total. The smallest absolute Gasteiger partial charge is 0.247 e. The lowest BCUT2D eigenvalue weighted by molar-refractivity contribution is 0.373. The summed E-state index contributed by atoms with van der Waals surface area (Å²) in [7, 11) is -3.60. The summed E-state index contributed by atoms with van der Waals surface area (Å²) in [6, 6.07) is 1.65. The van der Waals surface area contributed by atoms with Crippen LogP contribution in [0.1, 0.15) is 33.1 Å². The van der Waals surface area contributed by atoms with E-state index in [1.54, 1.807) is 10.4 Å². The van der Waals surface area contributed by atoms with Gasteiger partial charge in [0, 0.05) is 23.3 Å². The second-order valence-electron chi connectivity index (χ2n) is 5.67. The van der Waals surface area contributed by atoms with Crippen LogP contribution in [0.2, 0.25) is 0 Å². The van der Waals surface area contributed by atoms with Crippen LogP contribution in [0.5, 0.6) is 0 Å². The van der Waals surface area contributed by atoms with Gasteiger partial charge in [0.2, 0.25) is 10.0 Å². The van der Waals surface area contributed by atoms with Crippen molar-refractivity contribution in [3.63, 3.8) is 0 Å². The third kappa shape index (κ3) is 3.94. The maximum atomic E-state index is 12.9. The van der Waals surface area contributed by atoms with Gasteiger partial charge in [-0.25, -0.2) is 19.2 Å². The average molecular weight is 377 g/mol. The van der Waals surface area contributed by atoms with Crippen molar-refractivity contribution in [1.82, 2.24) is 9.29 Å². The standard InChI is InChI=1S/C13H21BrN4O2S/c1-9(2)5-6-18(11-3-4-11)21(19,20)12-7-10(14)8-16-13(12)17-15/h7-9,11H,3-6,15H2,1-2H3,(H,16,17). The van der Waals surface area contributed by atoms with Gasteiger partial charge < -0.3 is 5.43 Å². The highest BCUT2D eigenvalue weighted by Crippen LogP contribution is 2.34. The Hall–Kier alpha value is -0.700. The topological polar surface area (TPSA) is 88.3 Å². The minimum atomic E-state index is -3.60. The van der Waals surface area contributed by atoms with Gasteiger partial charge >= 0.3 is 0 Å².